The lowest BCUT2D eigenvalue weighted by Gasteiger charge is -2.21. The summed E-state index contributed by atoms with van der Waals surface area (Å²) in [5, 5.41) is 9.14. The highest BCUT2D eigenvalue weighted by molar-refractivity contribution is 5.66. The molecule has 0 saturated carbocycles. The van der Waals surface area contributed by atoms with Crippen LogP contribution in [0.5, 0.6) is 0 Å². The van der Waals surface area contributed by atoms with E-state index in [-0.39, 0.29) is 6.61 Å². The van der Waals surface area contributed by atoms with Crippen LogP contribution in [-0.4, -0.2) is 27.7 Å². The van der Waals surface area contributed by atoms with Crippen molar-refractivity contribution in [2.24, 2.45) is 0 Å². The third-order valence-corrected chi connectivity index (χ3v) is 2.67. The van der Waals surface area contributed by atoms with E-state index < -0.39 is 29.0 Å². The molecule has 8 heteroatoms. The third kappa shape index (κ3) is 2.67. The van der Waals surface area contributed by atoms with Gasteiger partial charge in [-0.1, -0.05) is 0 Å². The first kappa shape index (κ1) is 13.8. The Morgan fingerprint density at radius 2 is 2.40 bits per heavy atom. The maximum Gasteiger partial charge on any atom is 0.330 e. The zero-order chi connectivity index (χ0) is 14.8. The van der Waals surface area contributed by atoms with E-state index in [1.165, 1.54) is 25.3 Å². The van der Waals surface area contributed by atoms with Crippen molar-refractivity contribution in [3.05, 3.63) is 45.3 Å². The van der Waals surface area contributed by atoms with Crippen molar-refractivity contribution >= 4 is 5.97 Å². The first-order valence-corrected chi connectivity index (χ1v) is 5.69. The first-order chi connectivity index (χ1) is 9.46. The average Bonchev–Trinajstić information content (AvgIpc) is 2.81. The van der Waals surface area contributed by atoms with E-state index in [2.05, 4.69) is 4.98 Å². The molecule has 0 aromatic carbocycles. The molecule has 1 aliphatic rings. The summed E-state index contributed by atoms with van der Waals surface area (Å²) in [6, 6.07) is 3.05. The van der Waals surface area contributed by atoms with E-state index in [9.17, 15) is 14.4 Å². The van der Waals surface area contributed by atoms with Crippen molar-refractivity contribution in [2.45, 2.75) is 18.8 Å². The monoisotopic (exact) mass is 277 g/mol. The number of nitrogens with zero attached hydrogens (tertiary/aromatic N) is 2. The van der Waals surface area contributed by atoms with Gasteiger partial charge in [0.15, 0.2) is 6.23 Å². The highest BCUT2D eigenvalue weighted by atomic mass is 16.6. The fourth-order valence-electron chi connectivity index (χ4n) is 1.70. The van der Waals surface area contributed by atoms with E-state index in [0.717, 1.165) is 10.6 Å². The lowest BCUT2D eigenvalue weighted by molar-refractivity contribution is -0.148. The number of nitrogens with one attached hydrogen (secondary N) is 1. The van der Waals surface area contributed by atoms with Gasteiger partial charge in [0.2, 0.25) is 5.60 Å². The molecule has 0 amide bonds. The minimum atomic E-state index is -1.44. The van der Waals surface area contributed by atoms with Crippen LogP contribution in [0.1, 0.15) is 13.2 Å². The smallest absolute Gasteiger partial charge is 0.330 e. The Balaban J connectivity index is 2.22. The van der Waals surface area contributed by atoms with Crippen LogP contribution in [-0.2, 0) is 14.3 Å². The summed E-state index contributed by atoms with van der Waals surface area (Å²) in [6.07, 6.45) is 3.30. The molecule has 8 nitrogen and oxygen atoms in total. The number of rotatable bonds is 3. The number of hydrogen-bond donors (Lipinski definition) is 1. The number of aromatic nitrogens is 2. The van der Waals surface area contributed by atoms with Crippen LogP contribution in [0.4, 0.5) is 0 Å². The molecule has 0 spiro atoms. The summed E-state index contributed by atoms with van der Waals surface area (Å²) in [6.45, 7) is 0.942. The standard InChI is InChI=1S/C12H11N3O5/c1-8(16)19-7-12(6-13)4-2-10(20-12)15-5-3-9(17)14-11(15)18/h2-5,10H,7H2,1H3,(H,14,17,18)/t10-,12-/m1/s1. The van der Waals surface area contributed by atoms with Gasteiger partial charge in [-0.2, -0.15) is 5.26 Å². The predicted molar refractivity (Wildman–Crippen MR) is 65.6 cm³/mol. The topological polar surface area (TPSA) is 114 Å². The van der Waals surface area contributed by atoms with Gasteiger partial charge < -0.3 is 9.47 Å². The molecule has 2 heterocycles. The minimum Gasteiger partial charge on any atom is -0.461 e. The molecule has 0 bridgehead atoms. The first-order valence-electron chi connectivity index (χ1n) is 5.69. The van der Waals surface area contributed by atoms with Crippen molar-refractivity contribution in [1.82, 2.24) is 9.55 Å². The average molecular weight is 277 g/mol. The number of carbonyl (C=O) groups excluding carboxylic acids is 1. The van der Waals surface area contributed by atoms with Gasteiger partial charge in [0, 0.05) is 19.2 Å². The van der Waals surface area contributed by atoms with Gasteiger partial charge in [0.25, 0.3) is 5.56 Å². The van der Waals surface area contributed by atoms with Crippen molar-refractivity contribution < 1.29 is 14.3 Å². The lowest BCUT2D eigenvalue weighted by Crippen LogP contribution is -2.36. The summed E-state index contributed by atoms with van der Waals surface area (Å²) in [4.78, 5) is 35.5. The molecule has 2 atom stereocenters. The molecule has 1 N–H and O–H groups in total. The minimum absolute atomic E-state index is 0.274. The second-order valence-electron chi connectivity index (χ2n) is 4.17. The van der Waals surface area contributed by atoms with Gasteiger partial charge in [0.05, 0.1) is 0 Å². The number of carbonyl (C=O) groups is 1. The predicted octanol–water partition coefficient (Wildman–Crippen LogP) is -0.553. The molecule has 0 unspecified atom stereocenters. The van der Waals surface area contributed by atoms with Gasteiger partial charge in [-0.3, -0.25) is 19.1 Å². The van der Waals surface area contributed by atoms with Crippen LogP contribution in [0.3, 0.4) is 0 Å². The number of nitriles is 1. The van der Waals surface area contributed by atoms with Crippen molar-refractivity contribution in [2.75, 3.05) is 6.61 Å². The molecular formula is C12H11N3O5. The quantitative estimate of drug-likeness (QED) is 0.585. The molecule has 20 heavy (non-hydrogen) atoms. The highest BCUT2D eigenvalue weighted by Crippen LogP contribution is 2.28. The molecule has 1 aromatic heterocycles. The molecule has 104 valence electrons. The lowest BCUT2D eigenvalue weighted by atomic mass is 10.1. The van der Waals surface area contributed by atoms with E-state index in [1.807, 2.05) is 6.07 Å². The molecular weight excluding hydrogens is 266 g/mol. The Bertz CT molecular complexity index is 711. The zero-order valence-electron chi connectivity index (χ0n) is 10.5. The Kier molecular flexibility index (Phi) is 3.54. The van der Waals surface area contributed by atoms with Gasteiger partial charge in [-0.15, -0.1) is 0 Å². The Hall–Kier alpha value is -2.66. The van der Waals surface area contributed by atoms with E-state index >= 15 is 0 Å². The highest BCUT2D eigenvalue weighted by Gasteiger charge is 2.38. The number of esters is 1. The number of ether oxygens (including phenoxy) is 2. The van der Waals surface area contributed by atoms with Crippen LogP contribution in [0.2, 0.25) is 0 Å². The maximum absolute atomic E-state index is 11.6. The maximum atomic E-state index is 11.6. The Morgan fingerprint density at radius 3 is 3.00 bits per heavy atom. The second kappa shape index (κ2) is 5.14. The fraction of sp³-hybridized carbons (Fsp3) is 0.333. The zero-order valence-corrected chi connectivity index (χ0v) is 10.5. The molecule has 0 radical (unpaired) electrons. The summed E-state index contributed by atoms with van der Waals surface area (Å²) in [5.74, 6) is -0.540. The van der Waals surface area contributed by atoms with Gasteiger partial charge >= 0.3 is 11.7 Å². The second-order valence-corrected chi connectivity index (χ2v) is 4.17. The number of hydrogen-bond acceptors (Lipinski definition) is 6. The van der Waals surface area contributed by atoms with Crippen LogP contribution in [0, 0.1) is 11.3 Å². The molecule has 0 fully saturated rings. The van der Waals surface area contributed by atoms with E-state index in [0.29, 0.717) is 0 Å². The Morgan fingerprint density at radius 1 is 1.65 bits per heavy atom. The number of H-pyrrole nitrogens is 1. The molecule has 0 aliphatic carbocycles. The van der Waals surface area contributed by atoms with Gasteiger partial charge in [-0.25, -0.2) is 4.79 Å². The summed E-state index contributed by atoms with van der Waals surface area (Å²) < 4.78 is 11.3. The largest absolute Gasteiger partial charge is 0.461 e. The molecule has 1 aromatic rings. The summed E-state index contributed by atoms with van der Waals surface area (Å²) in [5.41, 5.74) is -2.63. The fourth-order valence-corrected chi connectivity index (χ4v) is 1.70. The van der Waals surface area contributed by atoms with Gasteiger partial charge in [-0.05, 0) is 12.2 Å². The summed E-state index contributed by atoms with van der Waals surface area (Å²) in [7, 11) is 0. The van der Waals surface area contributed by atoms with Crippen molar-refractivity contribution in [3.63, 3.8) is 0 Å². The van der Waals surface area contributed by atoms with Crippen LogP contribution < -0.4 is 11.2 Å². The van der Waals surface area contributed by atoms with E-state index in [1.54, 1.807) is 0 Å². The summed E-state index contributed by atoms with van der Waals surface area (Å²) >= 11 is 0. The third-order valence-electron chi connectivity index (χ3n) is 2.67. The van der Waals surface area contributed by atoms with Crippen molar-refractivity contribution in [3.8, 4) is 6.07 Å². The van der Waals surface area contributed by atoms with Gasteiger partial charge in [0.1, 0.15) is 12.7 Å². The van der Waals surface area contributed by atoms with E-state index in [4.69, 9.17) is 14.7 Å². The molecule has 1 aliphatic heterocycles. The SMILES string of the molecule is CC(=O)OC[C@]1(C#N)C=C[C@H](n2ccc(=O)[nH]c2=O)O1. The normalized spacial score (nSPS) is 24.3. The molecule has 2 rings (SSSR count). The van der Waals surface area contributed by atoms with Crippen LogP contribution in [0.25, 0.3) is 0 Å². The Labute approximate surface area is 112 Å². The van der Waals surface area contributed by atoms with Crippen molar-refractivity contribution in [1.29, 1.82) is 5.26 Å². The van der Waals surface area contributed by atoms with Crippen LogP contribution >= 0.6 is 0 Å². The number of aromatic amines is 1. The molecule has 0 saturated heterocycles. The van der Waals surface area contributed by atoms with Crippen LogP contribution in [0.15, 0.2) is 34.0 Å².